The lowest BCUT2D eigenvalue weighted by Crippen LogP contribution is -2.45. The van der Waals surface area contributed by atoms with Crippen LogP contribution in [0.2, 0.25) is 0 Å². The Kier molecular flexibility index (Phi) is 8.88. The van der Waals surface area contributed by atoms with Crippen molar-refractivity contribution in [1.82, 2.24) is 33.9 Å². The van der Waals surface area contributed by atoms with Crippen molar-refractivity contribution in [2.75, 3.05) is 57.4 Å². The Morgan fingerprint density at radius 1 is 1.02 bits per heavy atom. The van der Waals surface area contributed by atoms with Gasteiger partial charge in [0.05, 0.1) is 23.8 Å². The molecule has 5 rings (SSSR count). The molecule has 2 saturated heterocycles. The summed E-state index contributed by atoms with van der Waals surface area (Å²) < 4.78 is 68.4. The van der Waals surface area contributed by atoms with E-state index in [1.165, 1.54) is 16.1 Å². The van der Waals surface area contributed by atoms with E-state index in [4.69, 9.17) is 0 Å². The number of sulfonamides is 1. The summed E-state index contributed by atoms with van der Waals surface area (Å²) in [6, 6.07) is 5.93. The fourth-order valence-electron chi connectivity index (χ4n) is 5.56. The molecule has 10 nitrogen and oxygen atoms in total. The first-order valence-corrected chi connectivity index (χ1v) is 16.0. The zero-order valence-corrected chi connectivity index (χ0v) is 24.9. The molecular weight excluding hydrogens is 569 g/mol. The van der Waals surface area contributed by atoms with Gasteiger partial charge in [0.1, 0.15) is 5.56 Å². The molecule has 1 N–H and O–H groups in total. The van der Waals surface area contributed by atoms with E-state index in [1.807, 2.05) is 19.1 Å². The molecule has 2 aliphatic rings. The average Bonchev–Trinajstić information content (AvgIpc) is 3.43. The van der Waals surface area contributed by atoms with Gasteiger partial charge in [0, 0.05) is 69.8 Å². The standard InChI is InChI=1S/C28H37F3N8O2S/c1-4-36-11-13-37(14-12-36)18-21-5-6-25(20(2)15-21)39-19-22(16-33-39)26-24(28(29,30)31)17-32-27(35-26)34-23-7-9-38(10-8-23)42(3,40)41/h5-6,15-17,19,23H,4,7-14,18H2,1-3H3,(H,32,34,35). The van der Waals surface area contributed by atoms with Gasteiger partial charge in [0.25, 0.3) is 0 Å². The van der Waals surface area contributed by atoms with Gasteiger partial charge < -0.3 is 10.2 Å². The fourth-order valence-corrected chi connectivity index (χ4v) is 6.44. The molecule has 228 valence electrons. The van der Waals surface area contributed by atoms with Crippen molar-refractivity contribution in [2.45, 2.75) is 45.5 Å². The number of nitrogens with zero attached hydrogens (tertiary/aromatic N) is 7. The first-order valence-electron chi connectivity index (χ1n) is 14.2. The SMILES string of the molecule is CCN1CCN(Cc2ccc(-n3cc(-c4nc(NC5CCN(S(C)(=O)=O)CC5)ncc4C(F)(F)F)cn3)c(C)c2)CC1. The Bertz CT molecular complexity index is 1500. The lowest BCUT2D eigenvalue weighted by Gasteiger charge is -2.34. The first-order chi connectivity index (χ1) is 19.9. The van der Waals surface area contributed by atoms with Crippen molar-refractivity contribution in [1.29, 1.82) is 0 Å². The van der Waals surface area contributed by atoms with Crippen LogP contribution in [-0.4, -0.2) is 100 Å². The number of aromatic nitrogens is 4. The molecule has 2 fully saturated rings. The molecule has 0 unspecified atom stereocenters. The first kappa shape index (κ1) is 30.4. The van der Waals surface area contributed by atoms with E-state index in [0.29, 0.717) is 25.9 Å². The third-order valence-electron chi connectivity index (χ3n) is 8.03. The topological polar surface area (TPSA) is 99.5 Å². The number of piperidine rings is 1. The predicted octanol–water partition coefficient (Wildman–Crippen LogP) is 3.63. The number of halogens is 3. The summed E-state index contributed by atoms with van der Waals surface area (Å²) in [5.41, 5.74) is 1.93. The summed E-state index contributed by atoms with van der Waals surface area (Å²) in [6.07, 6.45) is 1.22. The molecule has 42 heavy (non-hydrogen) atoms. The monoisotopic (exact) mass is 606 g/mol. The molecule has 3 aromatic rings. The van der Waals surface area contributed by atoms with E-state index in [1.54, 1.807) is 10.9 Å². The quantitative estimate of drug-likeness (QED) is 0.415. The van der Waals surface area contributed by atoms with Crippen LogP contribution in [0.25, 0.3) is 16.9 Å². The predicted molar refractivity (Wildman–Crippen MR) is 155 cm³/mol. The smallest absolute Gasteiger partial charge is 0.351 e. The molecular formula is C28H37F3N8O2S. The highest BCUT2D eigenvalue weighted by atomic mass is 32.2. The van der Waals surface area contributed by atoms with Crippen LogP contribution in [0, 0.1) is 6.92 Å². The van der Waals surface area contributed by atoms with Crippen LogP contribution in [0.4, 0.5) is 19.1 Å². The number of hydrogen-bond acceptors (Lipinski definition) is 8. The number of anilines is 1. The van der Waals surface area contributed by atoms with Crippen molar-refractivity contribution < 1.29 is 21.6 Å². The number of nitrogens with one attached hydrogen (secondary N) is 1. The second-order valence-electron chi connectivity index (χ2n) is 11.0. The summed E-state index contributed by atoms with van der Waals surface area (Å²) in [6.45, 7) is 10.9. The van der Waals surface area contributed by atoms with Crippen LogP contribution in [-0.2, 0) is 22.7 Å². The molecule has 0 saturated carbocycles. The van der Waals surface area contributed by atoms with Crippen molar-refractivity contribution in [2.24, 2.45) is 0 Å². The van der Waals surface area contributed by atoms with Gasteiger partial charge in [-0.05, 0) is 43.5 Å². The van der Waals surface area contributed by atoms with Gasteiger partial charge >= 0.3 is 6.18 Å². The minimum atomic E-state index is -4.66. The number of hydrogen-bond donors (Lipinski definition) is 1. The maximum Gasteiger partial charge on any atom is 0.419 e. The molecule has 14 heteroatoms. The Hall–Kier alpha value is -3.07. The van der Waals surface area contributed by atoms with Crippen molar-refractivity contribution in [3.63, 3.8) is 0 Å². The Morgan fingerprint density at radius 2 is 1.71 bits per heavy atom. The van der Waals surface area contributed by atoms with Crippen molar-refractivity contribution in [3.05, 3.63) is 53.5 Å². The highest BCUT2D eigenvalue weighted by Crippen LogP contribution is 2.36. The average molecular weight is 607 g/mol. The molecule has 2 aromatic heterocycles. The van der Waals surface area contributed by atoms with E-state index < -0.39 is 21.8 Å². The van der Waals surface area contributed by atoms with Gasteiger partial charge in [-0.2, -0.15) is 18.3 Å². The number of piperazine rings is 1. The van der Waals surface area contributed by atoms with Crippen LogP contribution in [0.1, 0.15) is 36.5 Å². The van der Waals surface area contributed by atoms with Crippen LogP contribution >= 0.6 is 0 Å². The van der Waals surface area contributed by atoms with Crippen LogP contribution in [0.5, 0.6) is 0 Å². The van der Waals surface area contributed by atoms with Crippen LogP contribution in [0.15, 0.2) is 36.8 Å². The maximum absolute atomic E-state index is 14.0. The summed E-state index contributed by atoms with van der Waals surface area (Å²) in [4.78, 5) is 13.1. The highest BCUT2D eigenvalue weighted by molar-refractivity contribution is 7.88. The largest absolute Gasteiger partial charge is 0.419 e. The Labute approximate surface area is 244 Å². The van der Waals surface area contributed by atoms with Gasteiger partial charge in [0.2, 0.25) is 16.0 Å². The molecule has 0 aliphatic carbocycles. The molecule has 0 amide bonds. The molecule has 2 aliphatic heterocycles. The fraction of sp³-hybridized carbons (Fsp3) is 0.536. The van der Waals surface area contributed by atoms with Crippen LogP contribution < -0.4 is 5.32 Å². The molecule has 0 atom stereocenters. The summed E-state index contributed by atoms with van der Waals surface area (Å²) in [5.74, 6) is 0.0591. The van der Waals surface area contributed by atoms with E-state index in [9.17, 15) is 21.6 Å². The zero-order valence-electron chi connectivity index (χ0n) is 24.1. The van der Waals surface area contributed by atoms with E-state index >= 15 is 0 Å². The van der Waals surface area contributed by atoms with Crippen molar-refractivity contribution in [3.8, 4) is 16.9 Å². The van der Waals surface area contributed by atoms with Gasteiger partial charge in [-0.25, -0.2) is 27.4 Å². The van der Waals surface area contributed by atoms with Gasteiger partial charge in [-0.3, -0.25) is 4.90 Å². The number of alkyl halides is 3. The third kappa shape index (κ3) is 7.10. The number of aryl methyl sites for hydroxylation is 1. The van der Waals surface area contributed by atoms with Gasteiger partial charge in [-0.1, -0.05) is 19.1 Å². The maximum atomic E-state index is 14.0. The van der Waals surface area contributed by atoms with Gasteiger partial charge in [0.15, 0.2) is 0 Å². The molecule has 1 aromatic carbocycles. The number of rotatable bonds is 8. The van der Waals surface area contributed by atoms with E-state index in [0.717, 1.165) is 63.0 Å². The van der Waals surface area contributed by atoms with Crippen molar-refractivity contribution >= 4 is 16.0 Å². The molecule has 4 heterocycles. The third-order valence-corrected chi connectivity index (χ3v) is 9.34. The highest BCUT2D eigenvalue weighted by Gasteiger charge is 2.36. The van der Waals surface area contributed by atoms with E-state index in [-0.39, 0.29) is 23.2 Å². The lowest BCUT2D eigenvalue weighted by atomic mass is 10.1. The lowest BCUT2D eigenvalue weighted by molar-refractivity contribution is -0.137. The number of likely N-dealkylation sites (N-methyl/N-ethyl adjacent to an activating group) is 1. The second-order valence-corrected chi connectivity index (χ2v) is 13.0. The minimum Gasteiger partial charge on any atom is -0.351 e. The molecule has 0 spiro atoms. The summed E-state index contributed by atoms with van der Waals surface area (Å²) in [5, 5.41) is 7.47. The normalized spacial score (nSPS) is 18.4. The molecule has 0 radical (unpaired) electrons. The molecule has 0 bridgehead atoms. The number of benzene rings is 1. The summed E-state index contributed by atoms with van der Waals surface area (Å²) in [7, 11) is -3.29. The Balaban J connectivity index is 1.33. The Morgan fingerprint density at radius 3 is 2.33 bits per heavy atom. The zero-order chi connectivity index (χ0) is 30.1. The van der Waals surface area contributed by atoms with Crippen LogP contribution in [0.3, 0.4) is 0 Å². The van der Waals surface area contributed by atoms with E-state index in [2.05, 4.69) is 43.2 Å². The minimum absolute atomic E-state index is 0.0591. The summed E-state index contributed by atoms with van der Waals surface area (Å²) >= 11 is 0. The van der Waals surface area contributed by atoms with Gasteiger partial charge in [-0.15, -0.1) is 0 Å². The second kappa shape index (κ2) is 12.3.